The van der Waals surface area contributed by atoms with Gasteiger partial charge in [0.25, 0.3) is 0 Å². The molecule has 0 spiro atoms. The molecule has 2 fully saturated rings. The molecular formula is C27H34FN3O6. The minimum Gasteiger partial charge on any atom is -0.467 e. The van der Waals surface area contributed by atoms with Gasteiger partial charge in [-0.15, -0.1) is 0 Å². The van der Waals surface area contributed by atoms with Crippen molar-refractivity contribution in [1.29, 1.82) is 0 Å². The molecule has 0 aliphatic carbocycles. The summed E-state index contributed by atoms with van der Waals surface area (Å²) in [5.41, 5.74) is 2.34. The Morgan fingerprint density at radius 2 is 2.00 bits per heavy atom. The molecule has 5 rings (SSSR count). The summed E-state index contributed by atoms with van der Waals surface area (Å²) < 4.78 is 41.9. The van der Waals surface area contributed by atoms with Gasteiger partial charge in [-0.05, 0) is 49.2 Å². The number of rotatable bonds is 12. The number of morpholine rings is 1. The van der Waals surface area contributed by atoms with E-state index in [4.69, 9.17) is 23.2 Å². The molecule has 2 aliphatic heterocycles. The van der Waals surface area contributed by atoms with Crippen LogP contribution in [-0.2, 0) is 27.4 Å². The normalized spacial score (nSPS) is 19.1. The molecule has 2 atom stereocenters. The summed E-state index contributed by atoms with van der Waals surface area (Å²) >= 11 is 0. The first kappa shape index (κ1) is 25.9. The van der Waals surface area contributed by atoms with Crippen molar-refractivity contribution in [2.24, 2.45) is 0 Å². The van der Waals surface area contributed by atoms with Crippen LogP contribution in [0.3, 0.4) is 0 Å². The van der Waals surface area contributed by atoms with E-state index in [-0.39, 0.29) is 18.5 Å². The molecule has 0 bridgehead atoms. The fourth-order valence-corrected chi connectivity index (χ4v) is 4.84. The number of hydrogen-bond acceptors (Lipinski definition) is 9. The van der Waals surface area contributed by atoms with Crippen molar-refractivity contribution < 1.29 is 32.6 Å². The molecule has 0 saturated carbocycles. The minimum atomic E-state index is -0.711. The summed E-state index contributed by atoms with van der Waals surface area (Å²) in [4.78, 5) is 4.30. The Hall–Kier alpha value is -2.76. The number of benzene rings is 1. The zero-order valence-corrected chi connectivity index (χ0v) is 20.9. The molecule has 200 valence electrons. The lowest BCUT2D eigenvalue weighted by Gasteiger charge is -2.30. The predicted molar refractivity (Wildman–Crippen MR) is 134 cm³/mol. The first-order valence-electron chi connectivity index (χ1n) is 12.8. The lowest BCUT2D eigenvalue weighted by Crippen LogP contribution is -2.40. The second-order valence-electron chi connectivity index (χ2n) is 9.50. The quantitative estimate of drug-likeness (QED) is 0.389. The number of anilines is 1. The molecule has 0 radical (unpaired) electrons. The number of aliphatic hydroxyl groups is 1. The zero-order chi connectivity index (χ0) is 25.5. The number of nitrogens with zero attached hydrogens (tertiary/aromatic N) is 3. The van der Waals surface area contributed by atoms with Crippen LogP contribution in [0.25, 0.3) is 11.3 Å². The van der Waals surface area contributed by atoms with E-state index in [9.17, 15) is 9.50 Å². The van der Waals surface area contributed by atoms with E-state index in [1.165, 1.54) is 12.1 Å². The van der Waals surface area contributed by atoms with E-state index >= 15 is 0 Å². The first-order chi connectivity index (χ1) is 18.2. The second kappa shape index (κ2) is 12.7. The molecule has 1 aromatic carbocycles. The fraction of sp³-hybridized carbons (Fsp3) is 0.519. The summed E-state index contributed by atoms with van der Waals surface area (Å²) in [6.07, 6.45) is 2.99. The highest BCUT2D eigenvalue weighted by atomic mass is 19.1. The van der Waals surface area contributed by atoms with Crippen LogP contribution in [0.15, 0.2) is 51.6 Å². The molecule has 10 heteroatoms. The van der Waals surface area contributed by atoms with E-state index in [1.807, 2.05) is 12.1 Å². The maximum Gasteiger partial charge on any atom is 0.232 e. The third kappa shape index (κ3) is 6.97. The average Bonchev–Trinajstić information content (AvgIpc) is 3.68. The summed E-state index contributed by atoms with van der Waals surface area (Å²) in [6.45, 7) is 5.36. The van der Waals surface area contributed by atoms with Gasteiger partial charge in [-0.1, -0.05) is 5.16 Å². The standard InChI is InChI=1S/C27H34FN3O6/c28-21-7-5-20(6-8-21)26-25(27(37-29-26)31-9-13-33-14-10-31)17-30(16-23-3-1-11-35-23)15-22(32)18-34-19-24-4-2-12-36-24/h2,4-8,12,22-23,32H,1,3,9-11,13-19H2/t22-,23+/m0/s1. The fourth-order valence-electron chi connectivity index (χ4n) is 4.84. The largest absolute Gasteiger partial charge is 0.467 e. The van der Waals surface area contributed by atoms with Gasteiger partial charge in [-0.2, -0.15) is 0 Å². The van der Waals surface area contributed by atoms with Gasteiger partial charge in [0.1, 0.15) is 23.9 Å². The molecule has 0 amide bonds. The Morgan fingerprint density at radius 3 is 2.73 bits per heavy atom. The van der Waals surface area contributed by atoms with Gasteiger partial charge < -0.3 is 33.2 Å². The van der Waals surface area contributed by atoms with Crippen molar-refractivity contribution >= 4 is 5.88 Å². The van der Waals surface area contributed by atoms with Crippen LogP contribution in [-0.4, -0.2) is 80.0 Å². The zero-order valence-electron chi connectivity index (χ0n) is 20.9. The smallest absolute Gasteiger partial charge is 0.232 e. The number of aromatic nitrogens is 1. The van der Waals surface area contributed by atoms with Crippen LogP contribution in [0.5, 0.6) is 0 Å². The van der Waals surface area contributed by atoms with Crippen molar-refractivity contribution in [2.45, 2.75) is 38.2 Å². The van der Waals surface area contributed by atoms with Gasteiger partial charge in [0.2, 0.25) is 5.88 Å². The molecule has 2 aromatic heterocycles. The van der Waals surface area contributed by atoms with Gasteiger partial charge in [-0.3, -0.25) is 4.90 Å². The van der Waals surface area contributed by atoms with Gasteiger partial charge in [-0.25, -0.2) is 4.39 Å². The summed E-state index contributed by atoms with van der Waals surface area (Å²) in [5, 5.41) is 15.2. The number of furan rings is 1. The van der Waals surface area contributed by atoms with Crippen molar-refractivity contribution in [3.8, 4) is 11.3 Å². The van der Waals surface area contributed by atoms with Crippen molar-refractivity contribution in [2.75, 3.05) is 57.5 Å². The number of ether oxygens (including phenoxy) is 3. The summed E-state index contributed by atoms with van der Waals surface area (Å²) in [6, 6.07) is 9.91. The molecular weight excluding hydrogens is 481 g/mol. The van der Waals surface area contributed by atoms with Gasteiger partial charge in [0, 0.05) is 44.9 Å². The minimum absolute atomic E-state index is 0.0946. The number of aliphatic hydroxyl groups excluding tert-OH is 1. The van der Waals surface area contributed by atoms with Crippen LogP contribution in [0.4, 0.5) is 10.3 Å². The lowest BCUT2D eigenvalue weighted by molar-refractivity contribution is -0.00634. The molecule has 2 aliphatic rings. The highest BCUT2D eigenvalue weighted by Gasteiger charge is 2.28. The molecule has 37 heavy (non-hydrogen) atoms. The maximum absolute atomic E-state index is 13.6. The summed E-state index contributed by atoms with van der Waals surface area (Å²) in [7, 11) is 0. The Kier molecular flexibility index (Phi) is 8.85. The first-order valence-corrected chi connectivity index (χ1v) is 12.8. The van der Waals surface area contributed by atoms with E-state index in [1.54, 1.807) is 18.4 Å². The van der Waals surface area contributed by atoms with E-state index in [0.29, 0.717) is 69.9 Å². The highest BCUT2D eigenvalue weighted by Crippen LogP contribution is 2.33. The van der Waals surface area contributed by atoms with E-state index in [2.05, 4.69) is 15.0 Å². The molecule has 9 nitrogen and oxygen atoms in total. The molecule has 2 saturated heterocycles. The van der Waals surface area contributed by atoms with E-state index < -0.39 is 6.10 Å². The van der Waals surface area contributed by atoms with E-state index in [0.717, 1.165) is 30.6 Å². The molecule has 0 unspecified atom stereocenters. The highest BCUT2D eigenvalue weighted by molar-refractivity contribution is 5.68. The second-order valence-corrected chi connectivity index (χ2v) is 9.50. The Morgan fingerprint density at radius 1 is 1.16 bits per heavy atom. The van der Waals surface area contributed by atoms with Crippen molar-refractivity contribution in [1.82, 2.24) is 10.1 Å². The Labute approximate surface area is 215 Å². The van der Waals surface area contributed by atoms with Crippen LogP contribution in [0, 0.1) is 5.82 Å². The van der Waals surface area contributed by atoms with Crippen LogP contribution in [0.1, 0.15) is 24.2 Å². The predicted octanol–water partition coefficient (Wildman–Crippen LogP) is 3.47. The number of halogens is 1. The van der Waals surface area contributed by atoms with Crippen LogP contribution >= 0.6 is 0 Å². The van der Waals surface area contributed by atoms with Crippen molar-refractivity contribution in [3.63, 3.8) is 0 Å². The van der Waals surface area contributed by atoms with Gasteiger partial charge >= 0.3 is 0 Å². The lowest BCUT2D eigenvalue weighted by atomic mass is 10.1. The Bertz CT molecular complexity index is 1080. The third-order valence-corrected chi connectivity index (χ3v) is 6.65. The topological polar surface area (TPSA) is 93.6 Å². The third-order valence-electron chi connectivity index (χ3n) is 6.65. The van der Waals surface area contributed by atoms with Gasteiger partial charge in [0.05, 0.1) is 43.9 Å². The van der Waals surface area contributed by atoms with Crippen molar-refractivity contribution in [3.05, 3.63) is 59.8 Å². The van der Waals surface area contributed by atoms with Crippen LogP contribution in [0.2, 0.25) is 0 Å². The Balaban J connectivity index is 1.35. The SMILES string of the molecule is O[C@H](COCc1ccco1)CN(Cc1c(-c2ccc(F)cc2)noc1N1CCOCC1)C[C@H]1CCCO1. The average molecular weight is 516 g/mol. The molecule has 4 heterocycles. The number of hydrogen-bond donors (Lipinski definition) is 1. The van der Waals surface area contributed by atoms with Gasteiger partial charge in [0.15, 0.2) is 0 Å². The molecule has 1 N–H and O–H groups in total. The van der Waals surface area contributed by atoms with Crippen LogP contribution < -0.4 is 4.90 Å². The molecule has 3 aromatic rings. The maximum atomic E-state index is 13.6. The monoisotopic (exact) mass is 515 g/mol. The summed E-state index contributed by atoms with van der Waals surface area (Å²) in [5.74, 6) is 1.09.